The van der Waals surface area contributed by atoms with Crippen LogP contribution in [0.15, 0.2) is 0 Å². The molecule has 0 bridgehead atoms. The SMILES string of the molecule is CCCC[N+](O)(O)C(CC)CCC. The van der Waals surface area contributed by atoms with E-state index < -0.39 is 4.81 Å². The smallest absolute Gasteiger partial charge is 0.151 e. The molecular weight excluding hydrogens is 166 g/mol. The fraction of sp³-hybridized carbons (Fsp3) is 1.00. The van der Waals surface area contributed by atoms with E-state index in [0.717, 1.165) is 32.1 Å². The van der Waals surface area contributed by atoms with Crippen molar-refractivity contribution in [1.29, 1.82) is 0 Å². The number of hydrogen-bond acceptors (Lipinski definition) is 2. The Balaban J connectivity index is 4.03. The van der Waals surface area contributed by atoms with Crippen LogP contribution in [0.1, 0.15) is 52.9 Å². The van der Waals surface area contributed by atoms with E-state index in [4.69, 9.17) is 0 Å². The highest BCUT2D eigenvalue weighted by Gasteiger charge is 2.32. The van der Waals surface area contributed by atoms with E-state index in [1.54, 1.807) is 0 Å². The van der Waals surface area contributed by atoms with Crippen molar-refractivity contribution in [3.63, 3.8) is 0 Å². The second-order valence-corrected chi connectivity index (χ2v) is 3.71. The minimum Gasteiger partial charge on any atom is -0.182 e. The third-order valence-corrected chi connectivity index (χ3v) is 2.52. The number of quaternary nitrogens is 1. The fourth-order valence-electron chi connectivity index (χ4n) is 1.61. The van der Waals surface area contributed by atoms with Gasteiger partial charge in [-0.2, -0.15) is 10.4 Å². The van der Waals surface area contributed by atoms with Gasteiger partial charge in [-0.25, -0.2) is 0 Å². The molecule has 0 saturated heterocycles. The van der Waals surface area contributed by atoms with Gasteiger partial charge in [-0.3, -0.25) is 0 Å². The molecule has 3 nitrogen and oxygen atoms in total. The van der Waals surface area contributed by atoms with Crippen molar-refractivity contribution in [2.24, 2.45) is 0 Å². The second kappa shape index (κ2) is 6.35. The molecule has 1 unspecified atom stereocenters. The molecular formula is C10H24NO2+. The molecule has 80 valence electrons. The van der Waals surface area contributed by atoms with E-state index in [9.17, 15) is 10.4 Å². The minimum absolute atomic E-state index is 0.0171. The maximum Gasteiger partial charge on any atom is 0.151 e. The Morgan fingerprint density at radius 2 is 1.69 bits per heavy atom. The van der Waals surface area contributed by atoms with Gasteiger partial charge in [0.15, 0.2) is 6.04 Å². The van der Waals surface area contributed by atoms with Gasteiger partial charge >= 0.3 is 0 Å². The quantitative estimate of drug-likeness (QED) is 0.478. The van der Waals surface area contributed by atoms with Gasteiger partial charge in [0.1, 0.15) is 6.54 Å². The molecule has 13 heavy (non-hydrogen) atoms. The Morgan fingerprint density at radius 1 is 1.08 bits per heavy atom. The van der Waals surface area contributed by atoms with E-state index in [1.165, 1.54) is 0 Å². The van der Waals surface area contributed by atoms with E-state index in [2.05, 4.69) is 13.8 Å². The monoisotopic (exact) mass is 190 g/mol. The highest BCUT2D eigenvalue weighted by molar-refractivity contribution is 4.51. The fourth-order valence-corrected chi connectivity index (χ4v) is 1.61. The summed E-state index contributed by atoms with van der Waals surface area (Å²) in [6, 6.07) is -0.0171. The van der Waals surface area contributed by atoms with Crippen LogP contribution in [0.3, 0.4) is 0 Å². The Labute approximate surface area is 81.5 Å². The molecule has 0 spiro atoms. The summed E-state index contributed by atoms with van der Waals surface area (Å²) in [6.45, 7) is 6.59. The number of hydrogen-bond donors (Lipinski definition) is 2. The van der Waals surface area contributed by atoms with Crippen LogP contribution in [0, 0.1) is 0 Å². The summed E-state index contributed by atoms with van der Waals surface area (Å²) >= 11 is 0. The molecule has 0 rings (SSSR count). The summed E-state index contributed by atoms with van der Waals surface area (Å²) in [5, 5.41) is 19.5. The predicted molar refractivity (Wildman–Crippen MR) is 52.6 cm³/mol. The van der Waals surface area contributed by atoms with Crippen LogP contribution in [0.25, 0.3) is 0 Å². The Bertz CT molecular complexity index is 126. The molecule has 0 heterocycles. The molecule has 0 aliphatic carbocycles. The van der Waals surface area contributed by atoms with Crippen LogP contribution < -0.4 is 0 Å². The lowest BCUT2D eigenvalue weighted by Gasteiger charge is -2.29. The number of nitrogens with zero attached hydrogens (tertiary/aromatic N) is 1. The van der Waals surface area contributed by atoms with Crippen molar-refractivity contribution in [3.05, 3.63) is 0 Å². The van der Waals surface area contributed by atoms with Gasteiger partial charge in [0.2, 0.25) is 0 Å². The third kappa shape index (κ3) is 4.60. The van der Waals surface area contributed by atoms with Gasteiger partial charge in [-0.05, 0) is 4.81 Å². The summed E-state index contributed by atoms with van der Waals surface area (Å²) in [7, 11) is 0. The lowest BCUT2D eigenvalue weighted by atomic mass is 10.1. The zero-order valence-corrected chi connectivity index (χ0v) is 9.16. The van der Waals surface area contributed by atoms with Gasteiger partial charge in [0.05, 0.1) is 0 Å². The number of rotatable bonds is 7. The largest absolute Gasteiger partial charge is 0.182 e. The molecule has 1 atom stereocenters. The van der Waals surface area contributed by atoms with Crippen molar-refractivity contribution >= 4 is 0 Å². The molecule has 0 aliphatic heterocycles. The highest BCUT2D eigenvalue weighted by Crippen LogP contribution is 2.16. The predicted octanol–water partition coefficient (Wildman–Crippen LogP) is 2.96. The lowest BCUT2D eigenvalue weighted by molar-refractivity contribution is -1.26. The third-order valence-electron chi connectivity index (χ3n) is 2.52. The second-order valence-electron chi connectivity index (χ2n) is 3.71. The van der Waals surface area contributed by atoms with Crippen LogP contribution in [-0.4, -0.2) is 27.8 Å². The average molecular weight is 190 g/mol. The highest BCUT2D eigenvalue weighted by atomic mass is 16.8. The van der Waals surface area contributed by atoms with Gasteiger partial charge in [-0.15, -0.1) is 0 Å². The van der Waals surface area contributed by atoms with Crippen molar-refractivity contribution in [2.45, 2.75) is 58.9 Å². The molecule has 0 saturated carbocycles. The van der Waals surface area contributed by atoms with Gasteiger partial charge < -0.3 is 0 Å². The van der Waals surface area contributed by atoms with E-state index in [1.807, 2.05) is 6.92 Å². The first-order valence-electron chi connectivity index (χ1n) is 5.41. The maximum absolute atomic E-state index is 9.73. The standard InChI is InChI=1S/C10H24NO2/c1-4-7-9-11(12,13)10(6-3)8-5-2/h10,12-13H,4-9H2,1-3H3/q+1. The van der Waals surface area contributed by atoms with E-state index in [0.29, 0.717) is 6.54 Å². The van der Waals surface area contributed by atoms with Crippen molar-refractivity contribution in [1.82, 2.24) is 0 Å². The van der Waals surface area contributed by atoms with Crippen LogP contribution in [0.4, 0.5) is 0 Å². The molecule has 0 fully saturated rings. The zero-order valence-electron chi connectivity index (χ0n) is 9.16. The first-order chi connectivity index (χ1) is 6.08. The first kappa shape index (κ1) is 12.9. The first-order valence-corrected chi connectivity index (χ1v) is 5.41. The van der Waals surface area contributed by atoms with Crippen LogP contribution in [0.5, 0.6) is 0 Å². The Morgan fingerprint density at radius 3 is 2.08 bits per heavy atom. The summed E-state index contributed by atoms with van der Waals surface area (Å²) in [4.78, 5) is -0.780. The van der Waals surface area contributed by atoms with Crippen molar-refractivity contribution in [3.8, 4) is 0 Å². The summed E-state index contributed by atoms with van der Waals surface area (Å²) < 4.78 is 0. The van der Waals surface area contributed by atoms with Crippen LogP contribution in [0.2, 0.25) is 0 Å². The van der Waals surface area contributed by atoms with Crippen molar-refractivity contribution in [2.75, 3.05) is 6.54 Å². The van der Waals surface area contributed by atoms with Gasteiger partial charge in [0.25, 0.3) is 0 Å². The van der Waals surface area contributed by atoms with E-state index in [-0.39, 0.29) is 6.04 Å². The van der Waals surface area contributed by atoms with Crippen LogP contribution in [-0.2, 0) is 0 Å². The molecule has 0 aromatic heterocycles. The normalized spacial score (nSPS) is 14.5. The maximum atomic E-state index is 9.73. The zero-order chi connectivity index (χ0) is 10.3. The lowest BCUT2D eigenvalue weighted by Crippen LogP contribution is -2.50. The van der Waals surface area contributed by atoms with E-state index >= 15 is 0 Å². The molecule has 0 aliphatic rings. The van der Waals surface area contributed by atoms with Crippen molar-refractivity contribution < 1.29 is 15.2 Å². The molecule has 0 aromatic carbocycles. The molecule has 0 amide bonds. The Kier molecular flexibility index (Phi) is 6.29. The molecule has 0 radical (unpaired) electrons. The van der Waals surface area contributed by atoms with Gasteiger partial charge in [0, 0.05) is 19.3 Å². The topological polar surface area (TPSA) is 40.5 Å². The minimum atomic E-state index is -0.780. The summed E-state index contributed by atoms with van der Waals surface area (Å²) in [5.74, 6) is 0. The average Bonchev–Trinajstić information content (AvgIpc) is 2.10. The molecule has 0 aromatic rings. The number of hydroxylamine groups is 4. The van der Waals surface area contributed by atoms with Gasteiger partial charge in [-0.1, -0.05) is 33.6 Å². The van der Waals surface area contributed by atoms with Crippen LogP contribution >= 0.6 is 0 Å². The summed E-state index contributed by atoms with van der Waals surface area (Å²) in [6.07, 6.45) is 4.58. The molecule has 3 heteroatoms. The summed E-state index contributed by atoms with van der Waals surface area (Å²) in [5.41, 5.74) is 0. The Hall–Kier alpha value is -0.120. The molecule has 2 N–H and O–H groups in total. The number of unbranched alkanes of at least 4 members (excludes halogenated alkanes) is 1.